The molecule has 10 nitrogen and oxygen atoms in total. The quantitative estimate of drug-likeness (QED) is 0.524. The molecule has 3 rings (SSSR count). The summed E-state index contributed by atoms with van der Waals surface area (Å²) in [5.41, 5.74) is 0.923. The Balaban J connectivity index is 1.60. The van der Waals surface area contributed by atoms with E-state index in [4.69, 9.17) is 10.00 Å². The van der Waals surface area contributed by atoms with Gasteiger partial charge in [0, 0.05) is 10.8 Å². The molecule has 1 N–H and O–H groups in total. The van der Waals surface area contributed by atoms with Gasteiger partial charge >= 0.3 is 5.95 Å². The third-order valence-electron chi connectivity index (χ3n) is 3.37. The summed E-state index contributed by atoms with van der Waals surface area (Å²) in [5, 5.41) is 25.8. The summed E-state index contributed by atoms with van der Waals surface area (Å²) < 4.78 is 6.73. The molecule has 0 fully saturated rings. The standard InChI is InChI=1S/C17H12N6O4/c18-9-12-3-1-2-4-15(12)27-14-7-5-13(6-8-14)20-16(24)10-22-11-19-17(21-22)23(25)26/h1-8,11H,10H2,(H,20,24). The summed E-state index contributed by atoms with van der Waals surface area (Å²) in [6.07, 6.45) is 1.11. The van der Waals surface area contributed by atoms with Crippen molar-refractivity contribution in [3.63, 3.8) is 0 Å². The number of aromatic nitrogens is 3. The van der Waals surface area contributed by atoms with Crippen LogP contribution in [0.2, 0.25) is 0 Å². The molecule has 1 heterocycles. The molecule has 0 aliphatic heterocycles. The molecule has 1 aromatic heterocycles. The van der Waals surface area contributed by atoms with Crippen LogP contribution in [0.15, 0.2) is 54.9 Å². The molecule has 27 heavy (non-hydrogen) atoms. The Morgan fingerprint density at radius 2 is 2.00 bits per heavy atom. The summed E-state index contributed by atoms with van der Waals surface area (Å²) >= 11 is 0. The van der Waals surface area contributed by atoms with E-state index in [1.165, 1.54) is 0 Å². The van der Waals surface area contributed by atoms with E-state index in [1.54, 1.807) is 48.5 Å². The van der Waals surface area contributed by atoms with E-state index in [2.05, 4.69) is 15.4 Å². The molecule has 0 saturated carbocycles. The van der Waals surface area contributed by atoms with E-state index in [-0.39, 0.29) is 6.54 Å². The minimum Gasteiger partial charge on any atom is -0.456 e. The molecule has 0 aliphatic rings. The lowest BCUT2D eigenvalue weighted by molar-refractivity contribution is -0.394. The van der Waals surface area contributed by atoms with E-state index < -0.39 is 16.8 Å². The number of ether oxygens (including phenoxy) is 1. The van der Waals surface area contributed by atoms with Gasteiger partial charge in [-0.05, 0) is 41.3 Å². The maximum atomic E-state index is 12.0. The van der Waals surface area contributed by atoms with Crippen molar-refractivity contribution in [3.8, 4) is 17.6 Å². The second-order valence-electron chi connectivity index (χ2n) is 5.28. The number of hydrogen-bond acceptors (Lipinski definition) is 7. The fraction of sp³-hybridized carbons (Fsp3) is 0.0588. The van der Waals surface area contributed by atoms with Crippen molar-refractivity contribution in [2.75, 3.05) is 5.32 Å². The summed E-state index contributed by atoms with van der Waals surface area (Å²) in [4.78, 5) is 25.3. The van der Waals surface area contributed by atoms with Gasteiger partial charge in [0.15, 0.2) is 0 Å². The van der Waals surface area contributed by atoms with Crippen LogP contribution < -0.4 is 10.1 Å². The van der Waals surface area contributed by atoms with Crippen molar-refractivity contribution in [1.82, 2.24) is 14.8 Å². The van der Waals surface area contributed by atoms with Crippen molar-refractivity contribution >= 4 is 17.5 Å². The first kappa shape index (κ1) is 17.6. The van der Waals surface area contributed by atoms with Crippen LogP contribution in [-0.2, 0) is 11.3 Å². The minimum atomic E-state index is -0.739. The number of hydrogen-bond donors (Lipinski definition) is 1. The van der Waals surface area contributed by atoms with Crippen LogP contribution in [0.3, 0.4) is 0 Å². The number of carbonyl (C=O) groups is 1. The lowest BCUT2D eigenvalue weighted by atomic mass is 10.2. The van der Waals surface area contributed by atoms with Crippen molar-refractivity contribution < 1.29 is 14.5 Å². The van der Waals surface area contributed by atoms with Gasteiger partial charge in [-0.15, -0.1) is 0 Å². The topological polar surface area (TPSA) is 136 Å². The molecule has 2 aromatic carbocycles. The monoisotopic (exact) mass is 364 g/mol. The van der Waals surface area contributed by atoms with E-state index in [9.17, 15) is 14.9 Å². The molecule has 0 radical (unpaired) electrons. The Morgan fingerprint density at radius 3 is 2.67 bits per heavy atom. The largest absolute Gasteiger partial charge is 0.490 e. The van der Waals surface area contributed by atoms with Gasteiger partial charge in [-0.2, -0.15) is 9.94 Å². The molecular formula is C17H12N6O4. The van der Waals surface area contributed by atoms with Gasteiger partial charge in [-0.25, -0.2) is 0 Å². The fourth-order valence-electron chi connectivity index (χ4n) is 2.17. The van der Waals surface area contributed by atoms with Crippen LogP contribution in [0.25, 0.3) is 0 Å². The van der Waals surface area contributed by atoms with Crippen LogP contribution >= 0.6 is 0 Å². The average molecular weight is 364 g/mol. The molecule has 10 heteroatoms. The number of nitrogens with zero attached hydrogens (tertiary/aromatic N) is 5. The van der Waals surface area contributed by atoms with Gasteiger partial charge in [0.1, 0.15) is 24.1 Å². The van der Waals surface area contributed by atoms with Crippen LogP contribution in [0, 0.1) is 21.4 Å². The summed E-state index contributed by atoms with van der Waals surface area (Å²) in [5.74, 6) is -0.0487. The Bertz CT molecular complexity index is 1020. The zero-order valence-electron chi connectivity index (χ0n) is 13.8. The lowest BCUT2D eigenvalue weighted by Crippen LogP contribution is -2.19. The van der Waals surface area contributed by atoms with Gasteiger partial charge in [-0.1, -0.05) is 17.1 Å². The van der Waals surface area contributed by atoms with Crippen molar-refractivity contribution in [1.29, 1.82) is 5.26 Å². The zero-order chi connectivity index (χ0) is 19.2. The number of nitrogens with one attached hydrogen (secondary N) is 1. The minimum absolute atomic E-state index is 0.214. The van der Waals surface area contributed by atoms with Crippen molar-refractivity contribution in [3.05, 3.63) is 70.5 Å². The number of benzene rings is 2. The summed E-state index contributed by atoms with van der Waals surface area (Å²) in [7, 11) is 0. The number of amides is 1. The molecular weight excluding hydrogens is 352 g/mol. The number of carbonyl (C=O) groups excluding carboxylic acids is 1. The van der Waals surface area contributed by atoms with E-state index in [1.807, 2.05) is 6.07 Å². The van der Waals surface area contributed by atoms with Crippen molar-refractivity contribution in [2.24, 2.45) is 0 Å². The molecule has 0 aliphatic carbocycles. The molecule has 134 valence electrons. The van der Waals surface area contributed by atoms with Gasteiger partial charge in [0.05, 0.1) is 5.56 Å². The Kier molecular flexibility index (Phi) is 5.04. The highest BCUT2D eigenvalue weighted by Crippen LogP contribution is 2.25. The first-order valence-corrected chi connectivity index (χ1v) is 7.66. The fourth-order valence-corrected chi connectivity index (χ4v) is 2.17. The molecule has 3 aromatic rings. The summed E-state index contributed by atoms with van der Waals surface area (Å²) in [6.45, 7) is -0.214. The lowest BCUT2D eigenvalue weighted by Gasteiger charge is -2.08. The first-order chi connectivity index (χ1) is 13.0. The predicted octanol–water partition coefficient (Wildman–Crippen LogP) is 2.49. The van der Waals surface area contributed by atoms with Crippen LogP contribution in [-0.4, -0.2) is 25.6 Å². The number of rotatable bonds is 6. The Hall–Kier alpha value is -4.26. The maximum absolute atomic E-state index is 12.0. The number of nitro groups is 1. The highest BCUT2D eigenvalue weighted by Gasteiger charge is 2.15. The summed E-state index contributed by atoms with van der Waals surface area (Å²) in [6, 6.07) is 15.4. The second kappa shape index (κ2) is 7.75. The highest BCUT2D eigenvalue weighted by molar-refractivity contribution is 5.90. The normalized spacial score (nSPS) is 10.0. The van der Waals surface area contributed by atoms with E-state index in [0.717, 1.165) is 11.0 Å². The maximum Gasteiger partial charge on any atom is 0.490 e. The second-order valence-corrected chi connectivity index (χ2v) is 5.28. The molecule has 1 amide bonds. The van der Waals surface area contributed by atoms with Gasteiger partial charge in [0.25, 0.3) is 0 Å². The third kappa shape index (κ3) is 4.43. The van der Waals surface area contributed by atoms with Crippen molar-refractivity contribution in [2.45, 2.75) is 6.54 Å². The molecule has 0 saturated heterocycles. The molecule has 0 atom stereocenters. The van der Waals surface area contributed by atoms with Gasteiger partial charge in [-0.3, -0.25) is 4.79 Å². The third-order valence-corrected chi connectivity index (χ3v) is 3.37. The number of para-hydroxylation sites is 1. The SMILES string of the molecule is N#Cc1ccccc1Oc1ccc(NC(=O)Cn2cnc([N+](=O)[O-])n2)cc1. The number of anilines is 1. The van der Waals surface area contributed by atoms with E-state index in [0.29, 0.717) is 22.7 Å². The van der Waals surface area contributed by atoms with Crippen LogP contribution in [0.1, 0.15) is 5.56 Å². The molecule has 0 unspecified atom stereocenters. The predicted molar refractivity (Wildman–Crippen MR) is 93.0 cm³/mol. The van der Waals surface area contributed by atoms with Crippen LogP contribution in [0.5, 0.6) is 11.5 Å². The Morgan fingerprint density at radius 1 is 1.26 bits per heavy atom. The average Bonchev–Trinajstić information content (AvgIpc) is 3.12. The smallest absolute Gasteiger partial charge is 0.456 e. The molecule has 0 bridgehead atoms. The van der Waals surface area contributed by atoms with E-state index >= 15 is 0 Å². The van der Waals surface area contributed by atoms with Gasteiger partial charge in [0.2, 0.25) is 12.2 Å². The highest BCUT2D eigenvalue weighted by atomic mass is 16.6. The van der Waals surface area contributed by atoms with Crippen LogP contribution in [0.4, 0.5) is 11.6 Å². The van der Waals surface area contributed by atoms with Gasteiger partial charge < -0.3 is 20.2 Å². The molecule has 0 spiro atoms. The first-order valence-electron chi connectivity index (χ1n) is 7.66. The Labute approximate surface area is 152 Å². The number of nitriles is 1. The zero-order valence-corrected chi connectivity index (χ0v) is 13.8.